The summed E-state index contributed by atoms with van der Waals surface area (Å²) in [6.45, 7) is 8.48. The van der Waals surface area contributed by atoms with Gasteiger partial charge in [0.25, 0.3) is 5.91 Å². The molecule has 0 heterocycles. The van der Waals surface area contributed by atoms with Crippen molar-refractivity contribution in [1.29, 1.82) is 0 Å². The number of ether oxygens (including phenoxy) is 1. The molecule has 2 aromatic carbocycles. The second kappa shape index (κ2) is 13.2. The third-order valence-electron chi connectivity index (χ3n) is 5.30. The standard InChI is InChI=1S/C25H31BrCl2N2O3/c1-5-12-29-25(32)22(6-2)30(14-18-20(27)8-7-9-21(18)28)24(31)15-33-23-11-10-17(16(3)4)13-19(23)26/h7-11,13,16,22H,5-6,12,14-15H2,1-4H3,(H,29,32). The number of carbonyl (C=O) groups excluding carboxylic acids is 2. The van der Waals surface area contributed by atoms with E-state index in [1.165, 1.54) is 4.90 Å². The third-order valence-corrected chi connectivity index (χ3v) is 6.63. The van der Waals surface area contributed by atoms with Gasteiger partial charge in [0.2, 0.25) is 5.91 Å². The largest absolute Gasteiger partial charge is 0.483 e. The molecule has 2 amide bonds. The fourth-order valence-electron chi connectivity index (χ4n) is 3.35. The molecule has 1 atom stereocenters. The van der Waals surface area contributed by atoms with Crippen LogP contribution >= 0.6 is 39.1 Å². The minimum Gasteiger partial charge on any atom is -0.483 e. The number of amides is 2. The van der Waals surface area contributed by atoms with E-state index in [0.717, 1.165) is 16.5 Å². The molecule has 1 N–H and O–H groups in total. The summed E-state index contributed by atoms with van der Waals surface area (Å²) in [5.74, 6) is 0.398. The van der Waals surface area contributed by atoms with E-state index < -0.39 is 6.04 Å². The number of rotatable bonds is 11. The highest BCUT2D eigenvalue weighted by atomic mass is 79.9. The van der Waals surface area contributed by atoms with Gasteiger partial charge in [-0.3, -0.25) is 9.59 Å². The third kappa shape index (κ3) is 7.62. The molecule has 2 rings (SSSR count). The number of halogens is 3. The quantitative estimate of drug-likeness (QED) is 0.339. The summed E-state index contributed by atoms with van der Waals surface area (Å²) in [6.07, 6.45) is 1.24. The molecular weight excluding hydrogens is 527 g/mol. The minimum atomic E-state index is -0.674. The fraction of sp³-hybridized carbons (Fsp3) is 0.440. The topological polar surface area (TPSA) is 58.6 Å². The van der Waals surface area contributed by atoms with Gasteiger partial charge >= 0.3 is 0 Å². The van der Waals surface area contributed by atoms with E-state index in [4.69, 9.17) is 27.9 Å². The van der Waals surface area contributed by atoms with Crippen LogP contribution in [0.1, 0.15) is 57.6 Å². The van der Waals surface area contributed by atoms with Gasteiger partial charge in [0.1, 0.15) is 11.8 Å². The van der Waals surface area contributed by atoms with E-state index in [1.54, 1.807) is 18.2 Å². The maximum Gasteiger partial charge on any atom is 0.261 e. The Balaban J connectivity index is 2.27. The lowest BCUT2D eigenvalue weighted by Gasteiger charge is -2.31. The summed E-state index contributed by atoms with van der Waals surface area (Å²) in [6, 6.07) is 10.3. The van der Waals surface area contributed by atoms with Gasteiger partial charge in [-0.1, -0.05) is 63.0 Å². The van der Waals surface area contributed by atoms with Gasteiger partial charge in [-0.15, -0.1) is 0 Å². The molecule has 0 fully saturated rings. The lowest BCUT2D eigenvalue weighted by Crippen LogP contribution is -2.50. The normalized spacial score (nSPS) is 11.9. The zero-order valence-corrected chi connectivity index (χ0v) is 22.6. The summed E-state index contributed by atoms with van der Waals surface area (Å²) in [7, 11) is 0. The molecule has 0 spiro atoms. The van der Waals surface area contributed by atoms with E-state index in [0.29, 0.717) is 40.2 Å². The van der Waals surface area contributed by atoms with Crippen LogP contribution in [0.3, 0.4) is 0 Å². The molecule has 0 aliphatic heterocycles. The minimum absolute atomic E-state index is 0.103. The van der Waals surface area contributed by atoms with Crippen molar-refractivity contribution in [3.63, 3.8) is 0 Å². The molecule has 8 heteroatoms. The Hall–Kier alpha value is -1.76. The molecule has 0 aliphatic carbocycles. The van der Waals surface area contributed by atoms with E-state index in [9.17, 15) is 9.59 Å². The van der Waals surface area contributed by atoms with Crippen molar-refractivity contribution in [2.75, 3.05) is 13.2 Å². The van der Waals surface area contributed by atoms with Gasteiger partial charge in [0.05, 0.1) is 4.47 Å². The zero-order valence-electron chi connectivity index (χ0n) is 19.5. The van der Waals surface area contributed by atoms with Crippen LogP contribution in [0.4, 0.5) is 0 Å². The first-order valence-corrected chi connectivity index (χ1v) is 12.7. The molecule has 0 saturated carbocycles. The van der Waals surface area contributed by atoms with Gasteiger partial charge in [-0.25, -0.2) is 0 Å². The molecule has 0 radical (unpaired) electrons. The summed E-state index contributed by atoms with van der Waals surface area (Å²) in [5.41, 5.74) is 1.76. The van der Waals surface area contributed by atoms with E-state index in [1.807, 2.05) is 32.0 Å². The van der Waals surface area contributed by atoms with Crippen molar-refractivity contribution in [2.45, 2.75) is 59.0 Å². The molecule has 0 bridgehead atoms. The van der Waals surface area contributed by atoms with E-state index in [-0.39, 0.29) is 25.0 Å². The predicted molar refractivity (Wildman–Crippen MR) is 138 cm³/mol. The Morgan fingerprint density at radius 1 is 1.12 bits per heavy atom. The van der Waals surface area contributed by atoms with Crippen molar-refractivity contribution in [3.05, 3.63) is 62.0 Å². The summed E-state index contributed by atoms with van der Waals surface area (Å²) in [5, 5.41) is 3.77. The number of hydrogen-bond acceptors (Lipinski definition) is 3. The SMILES string of the molecule is CCCNC(=O)C(CC)N(Cc1c(Cl)cccc1Cl)C(=O)COc1ccc(C(C)C)cc1Br. The summed E-state index contributed by atoms with van der Waals surface area (Å²) >= 11 is 16.2. The predicted octanol–water partition coefficient (Wildman–Crippen LogP) is 6.59. The van der Waals surface area contributed by atoms with Crippen LogP contribution in [0, 0.1) is 0 Å². The molecule has 0 aliphatic rings. The molecule has 0 aromatic heterocycles. The van der Waals surface area contributed by atoms with Crippen molar-refractivity contribution in [3.8, 4) is 5.75 Å². The van der Waals surface area contributed by atoms with Crippen molar-refractivity contribution in [1.82, 2.24) is 10.2 Å². The fourth-order valence-corrected chi connectivity index (χ4v) is 4.38. The van der Waals surface area contributed by atoms with Crippen molar-refractivity contribution in [2.24, 2.45) is 0 Å². The van der Waals surface area contributed by atoms with Crippen LogP contribution in [-0.4, -0.2) is 35.9 Å². The molecule has 2 aromatic rings. The van der Waals surface area contributed by atoms with Crippen molar-refractivity contribution < 1.29 is 14.3 Å². The number of nitrogens with one attached hydrogen (secondary N) is 1. The average molecular weight is 558 g/mol. The Morgan fingerprint density at radius 3 is 2.33 bits per heavy atom. The van der Waals surface area contributed by atoms with Crippen LogP contribution in [0.2, 0.25) is 10.0 Å². The Labute approximate surface area is 214 Å². The van der Waals surface area contributed by atoms with Crippen LogP contribution in [0.25, 0.3) is 0 Å². The Bertz CT molecular complexity index is 948. The highest BCUT2D eigenvalue weighted by Crippen LogP contribution is 2.30. The molecule has 0 saturated heterocycles. The molecule has 5 nitrogen and oxygen atoms in total. The number of hydrogen-bond donors (Lipinski definition) is 1. The summed E-state index contributed by atoms with van der Waals surface area (Å²) < 4.78 is 6.61. The first-order valence-electron chi connectivity index (χ1n) is 11.1. The highest BCUT2D eigenvalue weighted by Gasteiger charge is 2.30. The molecule has 33 heavy (non-hydrogen) atoms. The smallest absolute Gasteiger partial charge is 0.261 e. The Kier molecular flexibility index (Phi) is 11.0. The van der Waals surface area contributed by atoms with Crippen LogP contribution in [0.5, 0.6) is 5.75 Å². The molecular formula is C25H31BrCl2N2O3. The average Bonchev–Trinajstić information content (AvgIpc) is 2.78. The van der Waals surface area contributed by atoms with Gasteiger partial charge in [-0.2, -0.15) is 0 Å². The van der Waals surface area contributed by atoms with E-state index in [2.05, 4.69) is 35.1 Å². The summed E-state index contributed by atoms with van der Waals surface area (Å²) in [4.78, 5) is 27.7. The van der Waals surface area contributed by atoms with Crippen molar-refractivity contribution >= 4 is 50.9 Å². The lowest BCUT2D eigenvalue weighted by atomic mass is 10.0. The maximum atomic E-state index is 13.3. The second-order valence-corrected chi connectivity index (χ2v) is 9.74. The Morgan fingerprint density at radius 2 is 1.79 bits per heavy atom. The van der Waals surface area contributed by atoms with Crippen LogP contribution in [0.15, 0.2) is 40.9 Å². The first-order chi connectivity index (χ1) is 15.7. The maximum absolute atomic E-state index is 13.3. The lowest BCUT2D eigenvalue weighted by molar-refractivity contribution is -0.143. The van der Waals surface area contributed by atoms with Crippen LogP contribution in [-0.2, 0) is 16.1 Å². The highest BCUT2D eigenvalue weighted by molar-refractivity contribution is 9.10. The monoisotopic (exact) mass is 556 g/mol. The number of benzene rings is 2. The van der Waals surface area contributed by atoms with Gasteiger partial charge < -0.3 is 15.0 Å². The van der Waals surface area contributed by atoms with Gasteiger partial charge in [0, 0.05) is 28.7 Å². The molecule has 180 valence electrons. The number of nitrogens with zero attached hydrogens (tertiary/aromatic N) is 1. The van der Waals surface area contributed by atoms with Gasteiger partial charge in [0.15, 0.2) is 6.61 Å². The van der Waals surface area contributed by atoms with E-state index >= 15 is 0 Å². The second-order valence-electron chi connectivity index (χ2n) is 8.07. The van der Waals surface area contributed by atoms with Crippen LogP contribution < -0.4 is 10.1 Å². The molecule has 1 unspecified atom stereocenters. The number of carbonyl (C=O) groups is 2. The zero-order chi connectivity index (χ0) is 24.5. The van der Waals surface area contributed by atoms with Gasteiger partial charge in [-0.05, 0) is 64.5 Å². The first kappa shape index (κ1) is 27.5.